The summed E-state index contributed by atoms with van der Waals surface area (Å²) in [4.78, 5) is 14.8. The number of likely N-dealkylation sites (tertiary alicyclic amines) is 1. The van der Waals surface area contributed by atoms with Crippen molar-refractivity contribution in [1.29, 1.82) is 0 Å². The Labute approximate surface area is 159 Å². The van der Waals surface area contributed by atoms with E-state index in [0.29, 0.717) is 6.54 Å². The summed E-state index contributed by atoms with van der Waals surface area (Å²) in [5, 5.41) is 0. The molecule has 25 heavy (non-hydrogen) atoms. The van der Waals surface area contributed by atoms with Crippen LogP contribution in [0.4, 0.5) is 0 Å². The molecule has 2 rings (SSSR count). The third kappa shape index (κ3) is 7.41. The summed E-state index contributed by atoms with van der Waals surface area (Å²) in [6, 6.07) is 0. The molecular formula is C19H37ClN2O3. The first-order valence-corrected chi connectivity index (χ1v) is 9.90. The van der Waals surface area contributed by atoms with Crippen molar-refractivity contribution in [3.63, 3.8) is 0 Å². The minimum absolute atomic E-state index is 0. The molecule has 0 aromatic heterocycles. The Hall–Kier alpha value is -0.360. The standard InChI is InChI=1S/C19H36N2O3.ClH/c1-3-18(24-17-7-4-6-15(2)14-17)19(22)21-11-8-16(9-12-21)23-13-5-10-20;/h15-18H,3-14,20H2,1-2H3;1H. The van der Waals surface area contributed by atoms with Gasteiger partial charge in [-0.25, -0.2) is 0 Å². The van der Waals surface area contributed by atoms with Crippen molar-refractivity contribution in [2.24, 2.45) is 11.7 Å². The van der Waals surface area contributed by atoms with Gasteiger partial charge in [-0.15, -0.1) is 12.4 Å². The molecule has 1 saturated carbocycles. The van der Waals surface area contributed by atoms with E-state index in [1.807, 2.05) is 4.90 Å². The van der Waals surface area contributed by atoms with E-state index < -0.39 is 0 Å². The van der Waals surface area contributed by atoms with Crippen LogP contribution in [0.15, 0.2) is 0 Å². The van der Waals surface area contributed by atoms with E-state index in [9.17, 15) is 4.79 Å². The van der Waals surface area contributed by atoms with Crippen molar-refractivity contribution < 1.29 is 14.3 Å². The van der Waals surface area contributed by atoms with Gasteiger partial charge in [0.05, 0.1) is 12.2 Å². The van der Waals surface area contributed by atoms with Crippen LogP contribution in [0.2, 0.25) is 0 Å². The second-order valence-electron chi connectivity index (χ2n) is 7.46. The van der Waals surface area contributed by atoms with Crippen LogP contribution in [0.3, 0.4) is 0 Å². The number of nitrogens with zero attached hydrogens (tertiary/aromatic N) is 1. The van der Waals surface area contributed by atoms with Gasteiger partial charge in [0.15, 0.2) is 0 Å². The number of halogens is 1. The number of hydrogen-bond donors (Lipinski definition) is 1. The van der Waals surface area contributed by atoms with Crippen molar-refractivity contribution in [1.82, 2.24) is 4.90 Å². The van der Waals surface area contributed by atoms with Crippen molar-refractivity contribution in [2.45, 2.75) is 83.5 Å². The van der Waals surface area contributed by atoms with Gasteiger partial charge in [-0.3, -0.25) is 4.79 Å². The normalized spacial score (nSPS) is 26.1. The zero-order valence-electron chi connectivity index (χ0n) is 16.0. The minimum Gasteiger partial charge on any atom is -0.378 e. The lowest BCUT2D eigenvalue weighted by molar-refractivity contribution is -0.152. The number of hydrogen-bond acceptors (Lipinski definition) is 4. The average Bonchev–Trinajstić information content (AvgIpc) is 2.60. The van der Waals surface area contributed by atoms with Gasteiger partial charge in [-0.1, -0.05) is 26.7 Å². The average molecular weight is 377 g/mol. The fraction of sp³-hybridized carbons (Fsp3) is 0.947. The Bertz CT molecular complexity index is 376. The highest BCUT2D eigenvalue weighted by Gasteiger charge is 2.31. The first kappa shape index (κ1) is 22.7. The van der Waals surface area contributed by atoms with Crippen molar-refractivity contribution >= 4 is 18.3 Å². The zero-order valence-corrected chi connectivity index (χ0v) is 16.8. The molecule has 1 aliphatic carbocycles. The molecule has 1 saturated heterocycles. The van der Waals surface area contributed by atoms with Crippen molar-refractivity contribution in [2.75, 3.05) is 26.2 Å². The predicted molar refractivity (Wildman–Crippen MR) is 103 cm³/mol. The summed E-state index contributed by atoms with van der Waals surface area (Å²) < 4.78 is 12.0. The molecule has 2 aliphatic rings. The van der Waals surface area contributed by atoms with E-state index in [-0.39, 0.29) is 36.6 Å². The van der Waals surface area contributed by atoms with E-state index in [4.69, 9.17) is 15.2 Å². The van der Waals surface area contributed by atoms with Crippen LogP contribution in [0.5, 0.6) is 0 Å². The molecule has 0 bridgehead atoms. The minimum atomic E-state index is -0.269. The number of carbonyl (C=O) groups excluding carboxylic acids is 1. The lowest BCUT2D eigenvalue weighted by Crippen LogP contribution is -2.47. The molecule has 0 aromatic carbocycles. The summed E-state index contributed by atoms with van der Waals surface area (Å²) in [6.07, 6.45) is 8.51. The van der Waals surface area contributed by atoms with Crippen molar-refractivity contribution in [3.05, 3.63) is 0 Å². The SMILES string of the molecule is CCC(OC1CCCC(C)C1)C(=O)N1CCC(OCCCN)CC1.Cl. The highest BCUT2D eigenvalue weighted by Crippen LogP contribution is 2.27. The Balaban J connectivity index is 0.00000312. The van der Waals surface area contributed by atoms with E-state index in [1.54, 1.807) is 0 Å². The summed E-state index contributed by atoms with van der Waals surface area (Å²) in [5.74, 6) is 0.897. The molecule has 6 heteroatoms. The number of carbonyl (C=O) groups is 1. The maximum Gasteiger partial charge on any atom is 0.251 e. The number of amides is 1. The van der Waals surface area contributed by atoms with E-state index in [0.717, 1.165) is 64.1 Å². The molecule has 1 aliphatic heterocycles. The third-order valence-electron chi connectivity index (χ3n) is 5.35. The molecule has 2 fully saturated rings. The quantitative estimate of drug-likeness (QED) is 0.661. The second-order valence-corrected chi connectivity index (χ2v) is 7.46. The largest absolute Gasteiger partial charge is 0.378 e. The van der Waals surface area contributed by atoms with Gasteiger partial charge in [-0.2, -0.15) is 0 Å². The monoisotopic (exact) mass is 376 g/mol. The van der Waals surface area contributed by atoms with Gasteiger partial charge in [0, 0.05) is 19.7 Å². The molecule has 3 unspecified atom stereocenters. The lowest BCUT2D eigenvalue weighted by Gasteiger charge is -2.36. The summed E-state index contributed by atoms with van der Waals surface area (Å²) in [5.41, 5.74) is 5.49. The maximum atomic E-state index is 12.8. The molecule has 1 amide bonds. The van der Waals surface area contributed by atoms with Gasteiger partial charge >= 0.3 is 0 Å². The fourth-order valence-corrected chi connectivity index (χ4v) is 3.84. The summed E-state index contributed by atoms with van der Waals surface area (Å²) in [6.45, 7) is 7.31. The Morgan fingerprint density at radius 1 is 1.20 bits per heavy atom. The van der Waals surface area contributed by atoms with Gasteiger partial charge in [0.2, 0.25) is 0 Å². The van der Waals surface area contributed by atoms with Crippen LogP contribution in [-0.4, -0.2) is 55.4 Å². The number of rotatable bonds is 8. The van der Waals surface area contributed by atoms with Crippen LogP contribution in [-0.2, 0) is 14.3 Å². The molecule has 0 radical (unpaired) electrons. The lowest BCUT2D eigenvalue weighted by atomic mass is 9.88. The molecular weight excluding hydrogens is 340 g/mol. The van der Waals surface area contributed by atoms with Gasteiger partial charge < -0.3 is 20.1 Å². The van der Waals surface area contributed by atoms with Gasteiger partial charge in [0.1, 0.15) is 6.10 Å². The second kappa shape index (κ2) is 12.1. The smallest absolute Gasteiger partial charge is 0.251 e. The molecule has 2 N–H and O–H groups in total. The van der Waals surface area contributed by atoms with E-state index in [1.165, 1.54) is 12.8 Å². The first-order valence-electron chi connectivity index (χ1n) is 9.90. The van der Waals surface area contributed by atoms with Crippen LogP contribution in [0, 0.1) is 5.92 Å². The number of ether oxygens (including phenoxy) is 2. The fourth-order valence-electron chi connectivity index (χ4n) is 3.84. The topological polar surface area (TPSA) is 64.8 Å². The summed E-state index contributed by atoms with van der Waals surface area (Å²) >= 11 is 0. The Morgan fingerprint density at radius 3 is 2.52 bits per heavy atom. The van der Waals surface area contributed by atoms with Gasteiger partial charge in [-0.05, 0) is 51.0 Å². The van der Waals surface area contributed by atoms with E-state index >= 15 is 0 Å². The predicted octanol–water partition coefficient (Wildman–Crippen LogP) is 3.14. The Kier molecular flexibility index (Phi) is 11.0. The zero-order chi connectivity index (χ0) is 17.4. The molecule has 1 heterocycles. The van der Waals surface area contributed by atoms with Crippen molar-refractivity contribution in [3.8, 4) is 0 Å². The molecule has 0 aromatic rings. The Morgan fingerprint density at radius 2 is 1.92 bits per heavy atom. The van der Waals surface area contributed by atoms with Crippen LogP contribution in [0.1, 0.15) is 65.2 Å². The maximum absolute atomic E-state index is 12.8. The number of nitrogens with two attached hydrogens (primary N) is 1. The first-order chi connectivity index (χ1) is 11.6. The molecule has 148 valence electrons. The van der Waals surface area contributed by atoms with Gasteiger partial charge in [0.25, 0.3) is 5.91 Å². The highest BCUT2D eigenvalue weighted by atomic mass is 35.5. The number of piperidine rings is 1. The van der Waals surface area contributed by atoms with Crippen LogP contribution in [0.25, 0.3) is 0 Å². The van der Waals surface area contributed by atoms with Crippen LogP contribution < -0.4 is 5.73 Å². The summed E-state index contributed by atoms with van der Waals surface area (Å²) in [7, 11) is 0. The van der Waals surface area contributed by atoms with Crippen LogP contribution >= 0.6 is 12.4 Å². The molecule has 0 spiro atoms. The third-order valence-corrected chi connectivity index (χ3v) is 5.35. The molecule has 3 atom stereocenters. The van der Waals surface area contributed by atoms with E-state index in [2.05, 4.69) is 13.8 Å². The molecule has 5 nitrogen and oxygen atoms in total. The highest BCUT2D eigenvalue weighted by molar-refractivity contribution is 5.85.